The number of pyridine rings is 2. The largest absolute Gasteiger partial charge is 0.320 e. The molecule has 0 saturated heterocycles. The second-order valence-corrected chi connectivity index (χ2v) is 6.40. The van der Waals surface area contributed by atoms with Crippen molar-refractivity contribution < 1.29 is 9.59 Å². The fraction of sp³-hybridized carbons (Fsp3) is 0.368. The Bertz CT molecular complexity index is 755. The Labute approximate surface area is 147 Å². The summed E-state index contributed by atoms with van der Waals surface area (Å²) in [6.45, 7) is 1.87. The van der Waals surface area contributed by atoms with Crippen LogP contribution in [-0.2, 0) is 4.79 Å². The van der Waals surface area contributed by atoms with Crippen LogP contribution in [0.1, 0.15) is 48.0 Å². The van der Waals surface area contributed by atoms with Gasteiger partial charge >= 0.3 is 0 Å². The van der Waals surface area contributed by atoms with E-state index in [0.29, 0.717) is 17.1 Å². The van der Waals surface area contributed by atoms with Crippen molar-refractivity contribution in [3.63, 3.8) is 0 Å². The van der Waals surface area contributed by atoms with Crippen LogP contribution in [0.15, 0.2) is 36.8 Å². The zero-order chi connectivity index (χ0) is 17.6. The van der Waals surface area contributed by atoms with Gasteiger partial charge in [-0.3, -0.25) is 14.6 Å². The number of hydrogen-bond donors (Lipinski definition) is 2. The molecule has 0 aliphatic heterocycles. The smallest absolute Gasteiger partial charge is 0.257 e. The van der Waals surface area contributed by atoms with Crippen LogP contribution >= 0.6 is 0 Å². The molecule has 2 aromatic heterocycles. The molecule has 2 N–H and O–H groups in total. The third-order valence-corrected chi connectivity index (χ3v) is 4.51. The van der Waals surface area contributed by atoms with Gasteiger partial charge in [-0.05, 0) is 43.5 Å². The van der Waals surface area contributed by atoms with Gasteiger partial charge in [0, 0.05) is 18.3 Å². The minimum absolute atomic E-state index is 0.0405. The third kappa shape index (κ3) is 4.41. The van der Waals surface area contributed by atoms with Gasteiger partial charge in [0.05, 0.1) is 17.4 Å². The number of nitrogens with zero attached hydrogens (tertiary/aromatic N) is 2. The van der Waals surface area contributed by atoms with Crippen LogP contribution in [0.4, 0.5) is 11.5 Å². The van der Waals surface area contributed by atoms with E-state index in [-0.39, 0.29) is 17.7 Å². The normalized spacial score (nSPS) is 14.8. The molecule has 0 unspecified atom stereocenters. The van der Waals surface area contributed by atoms with Gasteiger partial charge in [-0.2, -0.15) is 0 Å². The molecule has 0 spiro atoms. The molecule has 2 amide bonds. The van der Waals surface area contributed by atoms with Gasteiger partial charge in [-0.1, -0.05) is 19.3 Å². The van der Waals surface area contributed by atoms with Crippen molar-refractivity contribution in [2.24, 2.45) is 5.92 Å². The summed E-state index contributed by atoms with van der Waals surface area (Å²) in [5.41, 5.74) is 1.94. The molecule has 25 heavy (non-hydrogen) atoms. The number of amides is 2. The minimum Gasteiger partial charge on any atom is -0.320 e. The van der Waals surface area contributed by atoms with Crippen LogP contribution in [0.5, 0.6) is 0 Å². The van der Waals surface area contributed by atoms with Gasteiger partial charge in [0.1, 0.15) is 5.82 Å². The van der Waals surface area contributed by atoms with Crippen LogP contribution in [0.2, 0.25) is 0 Å². The first-order valence-electron chi connectivity index (χ1n) is 8.62. The summed E-state index contributed by atoms with van der Waals surface area (Å²) in [5.74, 6) is 0.406. The van der Waals surface area contributed by atoms with Gasteiger partial charge in [-0.25, -0.2) is 4.98 Å². The highest BCUT2D eigenvalue weighted by Crippen LogP contribution is 2.25. The average Bonchev–Trinajstić information content (AvgIpc) is 2.65. The first-order valence-corrected chi connectivity index (χ1v) is 8.62. The minimum atomic E-state index is -0.239. The Morgan fingerprint density at radius 3 is 2.60 bits per heavy atom. The summed E-state index contributed by atoms with van der Waals surface area (Å²) in [7, 11) is 0. The second-order valence-electron chi connectivity index (χ2n) is 6.40. The first kappa shape index (κ1) is 17.1. The molecule has 0 bridgehead atoms. The fourth-order valence-corrected chi connectivity index (χ4v) is 3.04. The zero-order valence-electron chi connectivity index (χ0n) is 14.3. The van der Waals surface area contributed by atoms with E-state index in [0.717, 1.165) is 31.2 Å². The first-order chi connectivity index (χ1) is 12.1. The van der Waals surface area contributed by atoms with Gasteiger partial charge in [0.2, 0.25) is 5.91 Å². The van der Waals surface area contributed by atoms with Crippen molar-refractivity contribution in [2.75, 3.05) is 10.6 Å². The number of carbonyl (C=O) groups is 2. The molecule has 0 atom stereocenters. The Balaban J connectivity index is 1.64. The summed E-state index contributed by atoms with van der Waals surface area (Å²) in [4.78, 5) is 32.7. The van der Waals surface area contributed by atoms with E-state index in [1.807, 2.05) is 6.92 Å². The van der Waals surface area contributed by atoms with Gasteiger partial charge in [0.25, 0.3) is 5.91 Å². The molecule has 1 aliphatic rings. The number of anilines is 2. The molecule has 2 aromatic rings. The SMILES string of the molecule is Cc1cc(NC(=O)C2CCCCC2)ncc1NC(=O)c1cccnc1. The van der Waals surface area contributed by atoms with Crippen molar-refractivity contribution in [1.29, 1.82) is 0 Å². The molecule has 0 radical (unpaired) electrons. The lowest BCUT2D eigenvalue weighted by Gasteiger charge is -2.20. The van der Waals surface area contributed by atoms with E-state index >= 15 is 0 Å². The molecule has 130 valence electrons. The van der Waals surface area contributed by atoms with Crippen LogP contribution in [0.25, 0.3) is 0 Å². The number of carbonyl (C=O) groups excluding carboxylic acids is 2. The van der Waals surface area contributed by atoms with E-state index in [4.69, 9.17) is 0 Å². The van der Waals surface area contributed by atoms with Crippen LogP contribution in [-0.4, -0.2) is 21.8 Å². The molecule has 1 fully saturated rings. The fourth-order valence-electron chi connectivity index (χ4n) is 3.04. The maximum atomic E-state index is 12.3. The van der Waals surface area contributed by atoms with Crippen LogP contribution in [0, 0.1) is 12.8 Å². The highest BCUT2D eigenvalue weighted by Gasteiger charge is 2.21. The highest BCUT2D eigenvalue weighted by atomic mass is 16.2. The third-order valence-electron chi connectivity index (χ3n) is 4.51. The lowest BCUT2D eigenvalue weighted by atomic mass is 9.89. The standard InChI is InChI=1S/C19H22N4O2/c1-13-10-17(23-18(24)14-6-3-2-4-7-14)21-12-16(13)22-19(25)15-8-5-9-20-11-15/h5,8-12,14H,2-4,6-7H2,1H3,(H,22,25)(H,21,23,24). The van der Waals surface area contributed by atoms with Crippen molar-refractivity contribution >= 4 is 23.3 Å². The molecule has 6 heteroatoms. The predicted octanol–water partition coefficient (Wildman–Crippen LogP) is 3.56. The number of nitrogens with one attached hydrogen (secondary N) is 2. The van der Waals surface area contributed by atoms with Crippen LogP contribution in [0.3, 0.4) is 0 Å². The maximum absolute atomic E-state index is 12.3. The van der Waals surface area contributed by atoms with E-state index in [9.17, 15) is 9.59 Å². The quantitative estimate of drug-likeness (QED) is 0.893. The number of rotatable bonds is 4. The van der Waals surface area contributed by atoms with Gasteiger partial charge < -0.3 is 10.6 Å². The molecule has 3 rings (SSSR count). The maximum Gasteiger partial charge on any atom is 0.257 e. The molecule has 1 aliphatic carbocycles. The Hall–Kier alpha value is -2.76. The highest BCUT2D eigenvalue weighted by molar-refractivity contribution is 6.04. The van der Waals surface area contributed by atoms with Crippen molar-refractivity contribution in [3.05, 3.63) is 47.9 Å². The number of aryl methyl sites for hydroxylation is 1. The Morgan fingerprint density at radius 2 is 1.92 bits per heavy atom. The van der Waals surface area contributed by atoms with E-state index in [1.54, 1.807) is 30.6 Å². The molecule has 0 aromatic carbocycles. The molecular weight excluding hydrogens is 316 g/mol. The predicted molar refractivity (Wildman–Crippen MR) is 96.4 cm³/mol. The topological polar surface area (TPSA) is 84.0 Å². The number of aromatic nitrogens is 2. The zero-order valence-corrected chi connectivity index (χ0v) is 14.3. The summed E-state index contributed by atoms with van der Waals surface area (Å²) < 4.78 is 0. The lowest BCUT2D eigenvalue weighted by Crippen LogP contribution is -2.25. The molecule has 6 nitrogen and oxygen atoms in total. The van der Waals surface area contributed by atoms with E-state index in [2.05, 4.69) is 20.6 Å². The van der Waals surface area contributed by atoms with Crippen molar-refractivity contribution in [1.82, 2.24) is 9.97 Å². The lowest BCUT2D eigenvalue weighted by molar-refractivity contribution is -0.120. The van der Waals surface area contributed by atoms with Gasteiger partial charge in [0.15, 0.2) is 0 Å². The molecule has 2 heterocycles. The van der Waals surface area contributed by atoms with E-state index in [1.165, 1.54) is 12.6 Å². The average molecular weight is 338 g/mol. The van der Waals surface area contributed by atoms with Crippen molar-refractivity contribution in [2.45, 2.75) is 39.0 Å². The van der Waals surface area contributed by atoms with Crippen LogP contribution < -0.4 is 10.6 Å². The molecule has 1 saturated carbocycles. The summed E-state index contributed by atoms with van der Waals surface area (Å²) in [5, 5.41) is 5.71. The Morgan fingerprint density at radius 1 is 1.12 bits per heavy atom. The molecular formula is C19H22N4O2. The van der Waals surface area contributed by atoms with E-state index < -0.39 is 0 Å². The van der Waals surface area contributed by atoms with Crippen molar-refractivity contribution in [3.8, 4) is 0 Å². The summed E-state index contributed by atoms with van der Waals surface area (Å²) in [6.07, 6.45) is 10.0. The second kappa shape index (κ2) is 7.88. The monoisotopic (exact) mass is 338 g/mol. The Kier molecular flexibility index (Phi) is 5.38. The van der Waals surface area contributed by atoms with Gasteiger partial charge in [-0.15, -0.1) is 0 Å². The summed E-state index contributed by atoms with van der Waals surface area (Å²) >= 11 is 0. The number of hydrogen-bond acceptors (Lipinski definition) is 4. The summed E-state index contributed by atoms with van der Waals surface area (Å²) in [6, 6.07) is 5.19.